The Morgan fingerprint density at radius 1 is 1.31 bits per heavy atom. The van der Waals surface area contributed by atoms with Gasteiger partial charge in [-0.1, -0.05) is 6.58 Å². The first-order chi connectivity index (χ1) is 7.64. The second-order valence-corrected chi connectivity index (χ2v) is 6.50. The van der Waals surface area contributed by atoms with Crippen molar-refractivity contribution < 1.29 is 13.3 Å². The van der Waals surface area contributed by atoms with Crippen LogP contribution < -0.4 is 10.6 Å². The highest BCUT2D eigenvalue weighted by Crippen LogP contribution is 2.14. The summed E-state index contributed by atoms with van der Waals surface area (Å²) in [6.45, 7) is 4.26. The number of nitrogens with one attached hydrogen (secondary N) is 2. The summed E-state index contributed by atoms with van der Waals surface area (Å²) in [5.74, 6) is 0. The van der Waals surface area contributed by atoms with Gasteiger partial charge in [0.15, 0.2) is 5.11 Å². The van der Waals surface area contributed by atoms with Gasteiger partial charge in [0.1, 0.15) is 0 Å². The Bertz CT molecular complexity index is 217. The first-order valence-corrected chi connectivity index (χ1v) is 7.29. The topological polar surface area (TPSA) is 51.8 Å². The fourth-order valence-electron chi connectivity index (χ4n) is 1.21. The van der Waals surface area contributed by atoms with E-state index in [1.54, 1.807) is 21.3 Å². The molecule has 0 radical (unpaired) electrons. The van der Waals surface area contributed by atoms with Gasteiger partial charge in [-0.05, 0) is 24.8 Å². The Morgan fingerprint density at radius 3 is 2.31 bits per heavy atom. The summed E-state index contributed by atoms with van der Waals surface area (Å²) in [5.41, 5.74) is 0. The van der Waals surface area contributed by atoms with Crippen molar-refractivity contribution in [2.24, 2.45) is 0 Å². The van der Waals surface area contributed by atoms with Crippen LogP contribution in [0, 0.1) is 0 Å². The molecule has 0 bridgehead atoms. The first-order valence-electron chi connectivity index (χ1n) is 4.95. The SMILES string of the molecule is C=CNC(=S)NCCC[Si](OC)(OC)OC. The molecule has 5 nitrogen and oxygen atoms in total. The normalized spacial score (nSPS) is 10.9. The van der Waals surface area contributed by atoms with Gasteiger partial charge < -0.3 is 23.9 Å². The standard InChI is InChI=1S/C9H20N2O3SSi/c1-5-10-9(15)11-7-6-8-16(12-2,13-3)14-4/h5H,1,6-8H2,2-4H3,(H2,10,11,15). The number of hydrogen-bond donors (Lipinski definition) is 2. The highest BCUT2D eigenvalue weighted by molar-refractivity contribution is 7.80. The summed E-state index contributed by atoms with van der Waals surface area (Å²) >= 11 is 4.97. The minimum absolute atomic E-state index is 0.564. The zero-order valence-electron chi connectivity index (χ0n) is 10.0. The number of hydrogen-bond acceptors (Lipinski definition) is 4. The van der Waals surface area contributed by atoms with Gasteiger partial charge in [0.2, 0.25) is 0 Å². The third-order valence-corrected chi connectivity index (χ3v) is 5.21. The van der Waals surface area contributed by atoms with E-state index in [4.69, 9.17) is 25.5 Å². The number of thiocarbonyl (C=S) groups is 1. The molecule has 0 aromatic heterocycles. The Labute approximate surface area is 104 Å². The van der Waals surface area contributed by atoms with Crippen LogP contribution in [0.15, 0.2) is 12.8 Å². The maximum Gasteiger partial charge on any atom is 0.500 e. The van der Waals surface area contributed by atoms with Gasteiger partial charge in [-0.25, -0.2) is 0 Å². The second-order valence-electron chi connectivity index (χ2n) is 3.00. The fourth-order valence-corrected chi connectivity index (χ4v) is 3.11. The van der Waals surface area contributed by atoms with Crippen LogP contribution >= 0.6 is 12.2 Å². The van der Waals surface area contributed by atoms with Crippen molar-refractivity contribution >= 4 is 26.1 Å². The van der Waals surface area contributed by atoms with E-state index >= 15 is 0 Å². The monoisotopic (exact) mass is 264 g/mol. The smallest absolute Gasteiger partial charge is 0.377 e. The summed E-state index contributed by atoms with van der Waals surface area (Å²) in [7, 11) is 2.39. The van der Waals surface area contributed by atoms with Crippen LogP contribution in [-0.4, -0.2) is 41.8 Å². The molecular formula is C9H20N2O3SSi. The fraction of sp³-hybridized carbons (Fsp3) is 0.667. The highest BCUT2D eigenvalue weighted by Gasteiger charge is 2.36. The van der Waals surface area contributed by atoms with Gasteiger partial charge in [0, 0.05) is 33.9 Å². The lowest BCUT2D eigenvalue weighted by Gasteiger charge is -2.24. The van der Waals surface area contributed by atoms with Gasteiger partial charge in [-0.3, -0.25) is 0 Å². The molecule has 94 valence electrons. The molecule has 0 rings (SSSR count). The molecule has 0 aliphatic heterocycles. The lowest BCUT2D eigenvalue weighted by Crippen LogP contribution is -2.43. The molecule has 0 saturated heterocycles. The summed E-state index contributed by atoms with van der Waals surface area (Å²) in [4.78, 5) is 0. The van der Waals surface area contributed by atoms with Crippen molar-refractivity contribution in [2.75, 3.05) is 27.9 Å². The number of rotatable bonds is 8. The molecule has 0 atom stereocenters. The maximum absolute atomic E-state index is 5.29. The quantitative estimate of drug-likeness (QED) is 0.385. The van der Waals surface area contributed by atoms with Crippen LogP contribution in [0.25, 0.3) is 0 Å². The van der Waals surface area contributed by atoms with Crippen LogP contribution in [-0.2, 0) is 13.3 Å². The van der Waals surface area contributed by atoms with Crippen LogP contribution in [0.4, 0.5) is 0 Å². The van der Waals surface area contributed by atoms with E-state index in [0.29, 0.717) is 5.11 Å². The molecule has 0 aromatic rings. The highest BCUT2D eigenvalue weighted by atomic mass is 32.1. The van der Waals surface area contributed by atoms with Gasteiger partial charge in [0.05, 0.1) is 0 Å². The predicted molar refractivity (Wildman–Crippen MR) is 70.1 cm³/mol. The third kappa shape index (κ3) is 5.57. The molecule has 0 aliphatic rings. The Kier molecular flexibility index (Phi) is 8.40. The van der Waals surface area contributed by atoms with Gasteiger partial charge in [-0.15, -0.1) is 0 Å². The predicted octanol–water partition coefficient (Wildman–Crippen LogP) is 0.862. The van der Waals surface area contributed by atoms with E-state index < -0.39 is 8.80 Å². The van der Waals surface area contributed by atoms with Crippen molar-refractivity contribution in [3.8, 4) is 0 Å². The van der Waals surface area contributed by atoms with Crippen LogP contribution in [0.5, 0.6) is 0 Å². The van der Waals surface area contributed by atoms with E-state index in [9.17, 15) is 0 Å². The molecule has 7 heteroatoms. The lowest BCUT2D eigenvalue weighted by atomic mass is 10.5. The molecule has 0 saturated carbocycles. The molecule has 0 amide bonds. The summed E-state index contributed by atoms with van der Waals surface area (Å²) in [6, 6.07) is 0.750. The average molecular weight is 264 g/mol. The Morgan fingerprint density at radius 2 is 1.88 bits per heavy atom. The van der Waals surface area contributed by atoms with Crippen molar-refractivity contribution in [2.45, 2.75) is 12.5 Å². The van der Waals surface area contributed by atoms with Crippen molar-refractivity contribution in [1.29, 1.82) is 0 Å². The van der Waals surface area contributed by atoms with E-state index in [2.05, 4.69) is 17.2 Å². The second kappa shape index (κ2) is 8.65. The minimum atomic E-state index is -2.43. The van der Waals surface area contributed by atoms with Gasteiger partial charge >= 0.3 is 8.80 Å². The van der Waals surface area contributed by atoms with Crippen molar-refractivity contribution in [1.82, 2.24) is 10.6 Å². The average Bonchev–Trinajstić information content (AvgIpc) is 2.31. The molecular weight excluding hydrogens is 244 g/mol. The molecule has 0 fully saturated rings. The molecule has 0 aliphatic carbocycles. The van der Waals surface area contributed by atoms with E-state index in [1.165, 1.54) is 6.20 Å². The van der Waals surface area contributed by atoms with Crippen LogP contribution in [0.2, 0.25) is 6.04 Å². The molecule has 0 aromatic carbocycles. The molecule has 2 N–H and O–H groups in total. The summed E-state index contributed by atoms with van der Waals surface area (Å²) in [6.07, 6.45) is 2.40. The molecule has 0 spiro atoms. The Hall–Kier alpha value is -0.473. The molecule has 0 heterocycles. The van der Waals surface area contributed by atoms with E-state index in [1.807, 2.05) is 0 Å². The van der Waals surface area contributed by atoms with Crippen LogP contribution in [0.1, 0.15) is 6.42 Å². The zero-order chi connectivity index (χ0) is 12.4. The third-order valence-electron chi connectivity index (χ3n) is 2.11. The Balaban J connectivity index is 3.78. The molecule has 16 heavy (non-hydrogen) atoms. The van der Waals surface area contributed by atoms with E-state index in [-0.39, 0.29) is 0 Å². The van der Waals surface area contributed by atoms with Gasteiger partial charge in [0.25, 0.3) is 0 Å². The molecule has 0 unspecified atom stereocenters. The maximum atomic E-state index is 5.29. The summed E-state index contributed by atoms with van der Waals surface area (Å²) in [5, 5.41) is 6.38. The summed E-state index contributed by atoms with van der Waals surface area (Å²) < 4.78 is 15.9. The van der Waals surface area contributed by atoms with Crippen molar-refractivity contribution in [3.63, 3.8) is 0 Å². The largest absolute Gasteiger partial charge is 0.500 e. The first kappa shape index (κ1) is 15.5. The van der Waals surface area contributed by atoms with Gasteiger partial charge in [-0.2, -0.15) is 0 Å². The zero-order valence-corrected chi connectivity index (χ0v) is 11.9. The van der Waals surface area contributed by atoms with E-state index in [0.717, 1.165) is 19.0 Å². The minimum Gasteiger partial charge on any atom is -0.377 e. The van der Waals surface area contributed by atoms with Crippen LogP contribution in [0.3, 0.4) is 0 Å². The lowest BCUT2D eigenvalue weighted by molar-refractivity contribution is 0.123. The van der Waals surface area contributed by atoms with Crippen molar-refractivity contribution in [3.05, 3.63) is 12.8 Å².